The summed E-state index contributed by atoms with van der Waals surface area (Å²) >= 11 is 10.8. The SMILES string of the molecule is CCOc1ccc(/C=C2\SC(=Nc3ccc(Br)c(Cl)c3)N(C)C2=O)cc1OC. The minimum absolute atomic E-state index is 0.111. The van der Waals surface area contributed by atoms with Crippen molar-refractivity contribution >= 4 is 62.1 Å². The van der Waals surface area contributed by atoms with Crippen LogP contribution in [0.25, 0.3) is 6.08 Å². The van der Waals surface area contributed by atoms with Gasteiger partial charge in [-0.3, -0.25) is 9.69 Å². The molecule has 146 valence electrons. The highest BCUT2D eigenvalue weighted by Gasteiger charge is 2.30. The van der Waals surface area contributed by atoms with Gasteiger partial charge in [0.15, 0.2) is 16.7 Å². The summed E-state index contributed by atoms with van der Waals surface area (Å²) in [5.41, 5.74) is 1.52. The van der Waals surface area contributed by atoms with Crippen LogP contribution in [0.2, 0.25) is 5.02 Å². The number of benzene rings is 2. The second kappa shape index (κ2) is 9.03. The lowest BCUT2D eigenvalue weighted by molar-refractivity contribution is -0.121. The fourth-order valence-corrected chi connectivity index (χ4v) is 3.93. The van der Waals surface area contributed by atoms with E-state index in [-0.39, 0.29) is 5.91 Å². The highest BCUT2D eigenvalue weighted by Crippen LogP contribution is 2.36. The molecule has 1 aliphatic rings. The Kier molecular flexibility index (Phi) is 6.69. The molecule has 1 fully saturated rings. The third kappa shape index (κ3) is 4.54. The lowest BCUT2D eigenvalue weighted by atomic mass is 10.2. The molecule has 2 aromatic carbocycles. The van der Waals surface area contributed by atoms with Crippen molar-refractivity contribution in [1.29, 1.82) is 0 Å². The van der Waals surface area contributed by atoms with E-state index in [1.165, 1.54) is 16.7 Å². The lowest BCUT2D eigenvalue weighted by Gasteiger charge is -2.09. The monoisotopic (exact) mass is 480 g/mol. The zero-order chi connectivity index (χ0) is 20.3. The Morgan fingerprint density at radius 2 is 2.04 bits per heavy atom. The summed E-state index contributed by atoms with van der Waals surface area (Å²) in [5.74, 6) is 1.18. The van der Waals surface area contributed by atoms with Gasteiger partial charge in [0.1, 0.15) is 0 Å². The van der Waals surface area contributed by atoms with Crippen molar-refractivity contribution in [1.82, 2.24) is 4.90 Å². The molecular formula is C20H18BrClN2O3S. The third-order valence-corrected chi connectivity index (χ3v) is 6.21. The zero-order valence-electron chi connectivity index (χ0n) is 15.5. The smallest absolute Gasteiger partial charge is 0.266 e. The van der Waals surface area contributed by atoms with Crippen LogP contribution in [-0.2, 0) is 4.79 Å². The minimum atomic E-state index is -0.111. The van der Waals surface area contributed by atoms with Crippen LogP contribution in [0.3, 0.4) is 0 Å². The summed E-state index contributed by atoms with van der Waals surface area (Å²) in [5, 5.41) is 1.16. The van der Waals surface area contributed by atoms with Crippen molar-refractivity contribution in [3.8, 4) is 11.5 Å². The van der Waals surface area contributed by atoms with E-state index in [0.717, 1.165) is 10.0 Å². The van der Waals surface area contributed by atoms with Crippen molar-refractivity contribution in [2.75, 3.05) is 20.8 Å². The molecule has 0 aromatic heterocycles. The molecule has 1 aliphatic heterocycles. The van der Waals surface area contributed by atoms with Crippen LogP contribution in [0, 0.1) is 0 Å². The number of hydrogen-bond acceptors (Lipinski definition) is 5. The van der Waals surface area contributed by atoms with E-state index in [1.807, 2.05) is 43.3 Å². The average Bonchev–Trinajstić information content (AvgIpc) is 2.94. The maximum Gasteiger partial charge on any atom is 0.266 e. The number of thioether (sulfide) groups is 1. The predicted octanol–water partition coefficient (Wildman–Crippen LogP) is 5.74. The molecule has 0 saturated carbocycles. The summed E-state index contributed by atoms with van der Waals surface area (Å²) in [4.78, 5) is 19.3. The van der Waals surface area contributed by atoms with E-state index in [1.54, 1.807) is 20.2 Å². The fourth-order valence-electron chi connectivity index (χ4n) is 2.52. The molecule has 5 nitrogen and oxygen atoms in total. The van der Waals surface area contributed by atoms with E-state index >= 15 is 0 Å². The van der Waals surface area contributed by atoms with Crippen molar-refractivity contribution in [3.63, 3.8) is 0 Å². The highest BCUT2D eigenvalue weighted by molar-refractivity contribution is 9.10. The Hall–Kier alpha value is -1.96. The Morgan fingerprint density at radius 1 is 1.25 bits per heavy atom. The van der Waals surface area contributed by atoms with Crippen molar-refractivity contribution < 1.29 is 14.3 Å². The van der Waals surface area contributed by atoms with Gasteiger partial charge in [-0.1, -0.05) is 17.7 Å². The third-order valence-electron chi connectivity index (χ3n) is 3.92. The number of hydrogen-bond donors (Lipinski definition) is 0. The number of amides is 1. The van der Waals surface area contributed by atoms with Gasteiger partial charge in [0, 0.05) is 11.5 Å². The van der Waals surface area contributed by atoms with E-state index in [4.69, 9.17) is 21.1 Å². The number of carbonyl (C=O) groups is 1. The van der Waals surface area contributed by atoms with Crippen molar-refractivity contribution in [2.45, 2.75) is 6.92 Å². The number of nitrogens with zero attached hydrogens (tertiary/aromatic N) is 2. The quantitative estimate of drug-likeness (QED) is 0.511. The van der Waals surface area contributed by atoms with Crippen molar-refractivity contribution in [3.05, 3.63) is 56.4 Å². The summed E-state index contributed by atoms with van der Waals surface area (Å²) in [6, 6.07) is 11.0. The van der Waals surface area contributed by atoms with Gasteiger partial charge in [-0.15, -0.1) is 0 Å². The van der Waals surface area contributed by atoms with E-state index in [0.29, 0.717) is 38.9 Å². The van der Waals surface area contributed by atoms with E-state index < -0.39 is 0 Å². The highest BCUT2D eigenvalue weighted by atomic mass is 79.9. The fraction of sp³-hybridized carbons (Fsp3) is 0.200. The number of halogens is 2. The maximum absolute atomic E-state index is 12.6. The predicted molar refractivity (Wildman–Crippen MR) is 119 cm³/mol. The molecule has 1 heterocycles. The number of amidine groups is 1. The van der Waals surface area contributed by atoms with Crippen LogP contribution in [0.15, 0.2) is 50.8 Å². The molecule has 3 rings (SSSR count). The van der Waals surface area contributed by atoms with Gasteiger partial charge >= 0.3 is 0 Å². The van der Waals surface area contributed by atoms with Crippen LogP contribution in [0.1, 0.15) is 12.5 Å². The minimum Gasteiger partial charge on any atom is -0.493 e. The molecule has 28 heavy (non-hydrogen) atoms. The summed E-state index contributed by atoms with van der Waals surface area (Å²) < 4.78 is 11.7. The van der Waals surface area contributed by atoms with E-state index in [2.05, 4.69) is 20.9 Å². The average molecular weight is 482 g/mol. The molecule has 1 saturated heterocycles. The number of methoxy groups -OCH3 is 1. The number of aliphatic imine (C=N–C) groups is 1. The second-order valence-electron chi connectivity index (χ2n) is 5.81. The van der Waals surface area contributed by atoms with Crippen molar-refractivity contribution in [2.24, 2.45) is 4.99 Å². The summed E-state index contributed by atoms with van der Waals surface area (Å²) in [6.07, 6.45) is 1.82. The summed E-state index contributed by atoms with van der Waals surface area (Å²) in [6.45, 7) is 2.47. The van der Waals surface area contributed by atoms with Crippen LogP contribution >= 0.6 is 39.3 Å². The summed E-state index contributed by atoms with van der Waals surface area (Å²) in [7, 11) is 3.29. The molecule has 0 aliphatic carbocycles. The van der Waals surface area contributed by atoms with Gasteiger partial charge in [-0.05, 0) is 76.6 Å². The molecule has 0 spiro atoms. The molecule has 8 heteroatoms. The van der Waals surface area contributed by atoms with Gasteiger partial charge in [0.2, 0.25) is 0 Å². The topological polar surface area (TPSA) is 51.1 Å². The first-order valence-corrected chi connectivity index (χ1v) is 10.4. The first kappa shape index (κ1) is 20.8. The van der Waals surface area contributed by atoms with Gasteiger partial charge in [-0.25, -0.2) is 4.99 Å². The molecule has 0 unspecified atom stereocenters. The first-order chi connectivity index (χ1) is 13.4. The first-order valence-electron chi connectivity index (χ1n) is 8.45. The Labute approximate surface area is 181 Å². The second-order valence-corrected chi connectivity index (χ2v) is 8.08. The van der Waals surface area contributed by atoms with E-state index in [9.17, 15) is 4.79 Å². The Morgan fingerprint density at radius 3 is 2.71 bits per heavy atom. The number of carbonyl (C=O) groups excluding carboxylic acids is 1. The molecule has 0 bridgehead atoms. The van der Waals surface area contributed by atoms with Gasteiger partial charge < -0.3 is 9.47 Å². The molecule has 0 N–H and O–H groups in total. The molecule has 1 amide bonds. The van der Waals surface area contributed by atoms with Gasteiger partial charge in [0.05, 0.1) is 29.3 Å². The van der Waals surface area contributed by atoms with Crippen LogP contribution < -0.4 is 9.47 Å². The van der Waals surface area contributed by atoms with Crippen LogP contribution in [0.4, 0.5) is 5.69 Å². The number of rotatable bonds is 5. The Bertz CT molecular complexity index is 978. The molecule has 0 atom stereocenters. The molecule has 2 aromatic rings. The van der Waals surface area contributed by atoms with Crippen LogP contribution in [-0.4, -0.2) is 36.7 Å². The largest absolute Gasteiger partial charge is 0.493 e. The standard InChI is InChI=1S/C20H18BrClN2O3S/c1-4-27-16-8-5-12(9-17(16)26-3)10-18-19(25)24(2)20(28-18)23-13-6-7-14(21)15(22)11-13/h5-11H,4H2,1-3H3/b18-10-,23-20?. The zero-order valence-corrected chi connectivity index (χ0v) is 18.7. The van der Waals surface area contributed by atoms with Crippen LogP contribution in [0.5, 0.6) is 11.5 Å². The maximum atomic E-state index is 12.6. The molecule has 0 radical (unpaired) electrons. The normalized spacial score (nSPS) is 16.9. The molecular weight excluding hydrogens is 464 g/mol. The number of likely N-dealkylation sites (N-methyl/N-ethyl adjacent to an activating group) is 1. The lowest BCUT2D eigenvalue weighted by Crippen LogP contribution is -2.23. The Balaban J connectivity index is 1.88. The van der Waals surface area contributed by atoms with Gasteiger partial charge in [0.25, 0.3) is 5.91 Å². The van der Waals surface area contributed by atoms with Gasteiger partial charge in [-0.2, -0.15) is 0 Å². The number of ether oxygens (including phenoxy) is 2.